The molecule has 0 radical (unpaired) electrons. The van der Waals surface area contributed by atoms with E-state index in [-0.39, 0.29) is 23.4 Å². The third-order valence-electron chi connectivity index (χ3n) is 5.33. The van der Waals surface area contributed by atoms with Gasteiger partial charge in [0.25, 0.3) is 0 Å². The van der Waals surface area contributed by atoms with Crippen molar-refractivity contribution in [3.05, 3.63) is 24.3 Å². The Morgan fingerprint density at radius 1 is 1.16 bits per heavy atom. The van der Waals surface area contributed by atoms with Crippen molar-refractivity contribution in [3.63, 3.8) is 0 Å². The van der Waals surface area contributed by atoms with E-state index in [1.54, 1.807) is 7.11 Å². The van der Waals surface area contributed by atoms with Gasteiger partial charge >= 0.3 is 0 Å². The molecule has 31 heavy (non-hydrogen) atoms. The maximum absolute atomic E-state index is 12.5. The maximum atomic E-state index is 12.5. The van der Waals surface area contributed by atoms with Gasteiger partial charge in [0.05, 0.1) is 24.6 Å². The summed E-state index contributed by atoms with van der Waals surface area (Å²) in [6, 6.07) is 7.24. The highest BCUT2D eigenvalue weighted by Crippen LogP contribution is 2.32. The molecule has 3 rings (SSSR count). The number of piperidine rings is 1. The van der Waals surface area contributed by atoms with Gasteiger partial charge in [-0.2, -0.15) is 0 Å². The summed E-state index contributed by atoms with van der Waals surface area (Å²) in [7, 11) is 1.64. The quantitative estimate of drug-likeness (QED) is 0.593. The summed E-state index contributed by atoms with van der Waals surface area (Å²) in [6.07, 6.45) is 3.45. The number of rotatable bonds is 9. The number of amides is 1. The molecule has 8 nitrogen and oxygen atoms in total. The van der Waals surface area contributed by atoms with Gasteiger partial charge in [-0.05, 0) is 44.2 Å². The summed E-state index contributed by atoms with van der Waals surface area (Å²) < 4.78 is 7.54. The van der Waals surface area contributed by atoms with E-state index in [0.717, 1.165) is 37.6 Å². The van der Waals surface area contributed by atoms with Gasteiger partial charge in [0.1, 0.15) is 5.75 Å². The lowest BCUT2D eigenvalue weighted by Crippen LogP contribution is -2.44. The number of carbonyl (C=O) groups is 2. The number of carbonyl (C=O) groups excluding carboxylic acids is 2. The lowest BCUT2D eigenvalue weighted by atomic mass is 10.0. The lowest BCUT2D eigenvalue weighted by Gasteiger charge is -2.28. The molecule has 2 aromatic rings. The van der Waals surface area contributed by atoms with Crippen LogP contribution in [-0.4, -0.2) is 58.4 Å². The first-order valence-corrected chi connectivity index (χ1v) is 11.7. The van der Waals surface area contributed by atoms with Gasteiger partial charge in [-0.15, -0.1) is 10.2 Å². The number of benzene rings is 1. The smallest absolute Gasteiger partial charge is 0.232 e. The fourth-order valence-corrected chi connectivity index (χ4v) is 4.51. The van der Waals surface area contributed by atoms with Crippen molar-refractivity contribution in [2.45, 2.75) is 51.2 Å². The standard InChI is InChI=1S/C22H31N5O3S/c1-15(2)20(16(3)28)23-19(29)14-31-22-25-24-21(26-12-8-5-9-13-26)27(22)17-10-6-7-11-18(17)30-4/h6-7,10-11,15,20H,5,8-9,12-14H2,1-4H3,(H,23,29). The molecule has 0 saturated carbocycles. The highest BCUT2D eigenvalue weighted by atomic mass is 32.2. The van der Waals surface area contributed by atoms with E-state index in [1.165, 1.54) is 25.1 Å². The maximum Gasteiger partial charge on any atom is 0.232 e. The third-order valence-corrected chi connectivity index (χ3v) is 6.26. The molecule has 1 saturated heterocycles. The number of Topliss-reactive ketones (excluding diaryl/α,β-unsaturated/α-hetero) is 1. The second-order valence-electron chi connectivity index (χ2n) is 8.03. The van der Waals surface area contributed by atoms with Crippen LogP contribution < -0.4 is 15.0 Å². The molecule has 1 fully saturated rings. The zero-order valence-corrected chi connectivity index (χ0v) is 19.4. The monoisotopic (exact) mass is 445 g/mol. The van der Waals surface area contributed by atoms with Crippen molar-refractivity contribution < 1.29 is 14.3 Å². The number of nitrogens with zero attached hydrogens (tertiary/aromatic N) is 4. The molecule has 168 valence electrons. The molecule has 1 amide bonds. The number of methoxy groups -OCH3 is 1. The normalized spacial score (nSPS) is 15.1. The van der Waals surface area contributed by atoms with Crippen LogP contribution in [0.5, 0.6) is 5.75 Å². The van der Waals surface area contributed by atoms with Crippen LogP contribution in [0.15, 0.2) is 29.4 Å². The van der Waals surface area contributed by atoms with Crippen LogP contribution in [0.2, 0.25) is 0 Å². The number of anilines is 1. The fraction of sp³-hybridized carbons (Fsp3) is 0.545. The summed E-state index contributed by atoms with van der Waals surface area (Å²) in [5, 5.41) is 12.3. The molecule has 1 unspecified atom stereocenters. The van der Waals surface area contributed by atoms with Crippen molar-refractivity contribution in [2.75, 3.05) is 30.9 Å². The molecule has 0 bridgehead atoms. The molecule has 9 heteroatoms. The SMILES string of the molecule is COc1ccccc1-n1c(SCC(=O)NC(C(C)=O)C(C)C)nnc1N1CCCCC1. The third kappa shape index (κ3) is 5.58. The highest BCUT2D eigenvalue weighted by molar-refractivity contribution is 7.99. The number of ether oxygens (including phenoxy) is 1. The number of thioether (sulfide) groups is 1. The van der Waals surface area contributed by atoms with E-state index in [1.807, 2.05) is 42.7 Å². The van der Waals surface area contributed by atoms with Gasteiger partial charge < -0.3 is 15.0 Å². The minimum absolute atomic E-state index is 0.0365. The minimum atomic E-state index is -0.482. The van der Waals surface area contributed by atoms with Crippen LogP contribution in [0.3, 0.4) is 0 Å². The Kier molecular flexibility index (Phi) is 7.95. The van der Waals surface area contributed by atoms with Crippen LogP contribution in [0.4, 0.5) is 5.95 Å². The minimum Gasteiger partial charge on any atom is -0.495 e. The first-order chi connectivity index (χ1) is 14.9. The summed E-state index contributed by atoms with van der Waals surface area (Å²) in [6.45, 7) is 7.19. The van der Waals surface area contributed by atoms with Crippen molar-refractivity contribution in [3.8, 4) is 11.4 Å². The predicted molar refractivity (Wildman–Crippen MR) is 122 cm³/mol. The van der Waals surface area contributed by atoms with Crippen LogP contribution >= 0.6 is 11.8 Å². The van der Waals surface area contributed by atoms with Crippen LogP contribution in [0.1, 0.15) is 40.0 Å². The van der Waals surface area contributed by atoms with Gasteiger partial charge in [0.2, 0.25) is 11.9 Å². The van der Waals surface area contributed by atoms with Gasteiger partial charge in [0, 0.05) is 13.1 Å². The average molecular weight is 446 g/mol. The van der Waals surface area contributed by atoms with E-state index >= 15 is 0 Å². The van der Waals surface area contributed by atoms with Crippen molar-refractivity contribution in [1.29, 1.82) is 0 Å². The summed E-state index contributed by atoms with van der Waals surface area (Å²) in [5.74, 6) is 1.41. The number of para-hydroxylation sites is 2. The molecule has 0 aliphatic carbocycles. The molecule has 1 aromatic carbocycles. The van der Waals surface area contributed by atoms with E-state index in [9.17, 15) is 9.59 Å². The van der Waals surface area contributed by atoms with E-state index < -0.39 is 6.04 Å². The first kappa shape index (κ1) is 23.1. The fourth-order valence-electron chi connectivity index (χ4n) is 3.76. The van der Waals surface area contributed by atoms with Crippen LogP contribution in [0.25, 0.3) is 5.69 Å². The van der Waals surface area contributed by atoms with Crippen LogP contribution in [0, 0.1) is 5.92 Å². The van der Waals surface area contributed by atoms with Crippen molar-refractivity contribution >= 4 is 29.4 Å². The molecule has 1 aliphatic heterocycles. The lowest BCUT2D eigenvalue weighted by molar-refractivity contribution is -0.126. The highest BCUT2D eigenvalue weighted by Gasteiger charge is 2.25. The van der Waals surface area contributed by atoms with Crippen LogP contribution in [-0.2, 0) is 9.59 Å². The number of hydrogen-bond donors (Lipinski definition) is 1. The summed E-state index contributed by atoms with van der Waals surface area (Å²) in [5.41, 5.74) is 0.835. The summed E-state index contributed by atoms with van der Waals surface area (Å²) in [4.78, 5) is 26.6. The Balaban J connectivity index is 1.85. The van der Waals surface area contributed by atoms with E-state index in [4.69, 9.17) is 4.74 Å². The molecule has 1 aromatic heterocycles. The molecule has 2 heterocycles. The molecule has 1 atom stereocenters. The van der Waals surface area contributed by atoms with Gasteiger partial charge in [-0.3, -0.25) is 14.2 Å². The Labute approximate surface area is 187 Å². The predicted octanol–water partition coefficient (Wildman–Crippen LogP) is 3.09. The van der Waals surface area contributed by atoms with E-state index in [2.05, 4.69) is 20.4 Å². The Morgan fingerprint density at radius 2 is 1.87 bits per heavy atom. The number of hydrogen-bond acceptors (Lipinski definition) is 7. The Bertz CT molecular complexity index is 908. The van der Waals surface area contributed by atoms with Crippen molar-refractivity contribution in [2.24, 2.45) is 5.92 Å². The average Bonchev–Trinajstić information content (AvgIpc) is 3.19. The zero-order chi connectivity index (χ0) is 22.4. The largest absolute Gasteiger partial charge is 0.495 e. The number of aromatic nitrogens is 3. The Hall–Kier alpha value is -2.55. The van der Waals surface area contributed by atoms with Gasteiger partial charge in [-0.1, -0.05) is 37.7 Å². The second kappa shape index (κ2) is 10.7. The van der Waals surface area contributed by atoms with E-state index in [0.29, 0.717) is 10.9 Å². The molecule has 1 N–H and O–H groups in total. The first-order valence-electron chi connectivity index (χ1n) is 10.7. The van der Waals surface area contributed by atoms with Gasteiger partial charge in [-0.25, -0.2) is 0 Å². The van der Waals surface area contributed by atoms with Crippen molar-refractivity contribution in [1.82, 2.24) is 20.1 Å². The number of nitrogens with one attached hydrogen (secondary N) is 1. The molecule has 1 aliphatic rings. The van der Waals surface area contributed by atoms with Gasteiger partial charge in [0.15, 0.2) is 10.9 Å². The Morgan fingerprint density at radius 3 is 2.52 bits per heavy atom. The molecular formula is C22H31N5O3S. The molecular weight excluding hydrogens is 414 g/mol. The second-order valence-corrected chi connectivity index (χ2v) is 8.97. The number of ketones is 1. The molecule has 0 spiro atoms. The zero-order valence-electron chi connectivity index (χ0n) is 18.6. The topological polar surface area (TPSA) is 89.3 Å². The summed E-state index contributed by atoms with van der Waals surface area (Å²) >= 11 is 1.30.